The van der Waals surface area contributed by atoms with Gasteiger partial charge in [-0.15, -0.1) is 12.4 Å². The third-order valence-electron chi connectivity index (χ3n) is 4.28. The molecule has 0 aliphatic carbocycles. The van der Waals surface area contributed by atoms with E-state index < -0.39 is 12.0 Å². The molecule has 0 aromatic heterocycles. The number of esters is 1. The summed E-state index contributed by atoms with van der Waals surface area (Å²) in [5, 5.41) is 2.77. The van der Waals surface area contributed by atoms with E-state index >= 15 is 0 Å². The molecule has 0 aliphatic rings. The van der Waals surface area contributed by atoms with Crippen LogP contribution in [0.25, 0.3) is 0 Å². The molecule has 0 bridgehead atoms. The van der Waals surface area contributed by atoms with Gasteiger partial charge in [0.2, 0.25) is 5.91 Å². The number of hydrogen-bond donors (Lipinski definition) is 2. The van der Waals surface area contributed by atoms with Gasteiger partial charge in [0, 0.05) is 6.54 Å². The van der Waals surface area contributed by atoms with Gasteiger partial charge in [-0.1, -0.05) is 38.5 Å². The van der Waals surface area contributed by atoms with E-state index in [-0.39, 0.29) is 36.7 Å². The lowest BCUT2D eigenvalue weighted by Gasteiger charge is -2.21. The number of para-hydroxylation sites is 1. The van der Waals surface area contributed by atoms with E-state index in [2.05, 4.69) is 5.32 Å². The quantitative estimate of drug-likeness (QED) is 0.646. The molecule has 1 amide bonds. The van der Waals surface area contributed by atoms with Gasteiger partial charge in [-0.2, -0.15) is 0 Å². The van der Waals surface area contributed by atoms with Gasteiger partial charge in [0.15, 0.2) is 0 Å². The first kappa shape index (κ1) is 23.2. The van der Waals surface area contributed by atoms with Crippen molar-refractivity contribution in [1.82, 2.24) is 5.32 Å². The Hall–Kier alpha value is -1.79. The van der Waals surface area contributed by atoms with E-state index in [0.29, 0.717) is 12.2 Å². The predicted molar refractivity (Wildman–Crippen MR) is 99.9 cm³/mol. The number of carbonyl (C=O) groups is 2. The van der Waals surface area contributed by atoms with Crippen molar-refractivity contribution >= 4 is 24.3 Å². The zero-order chi connectivity index (χ0) is 18.1. The van der Waals surface area contributed by atoms with Gasteiger partial charge in [-0.3, -0.25) is 9.59 Å². The first-order valence-corrected chi connectivity index (χ1v) is 8.17. The van der Waals surface area contributed by atoms with Crippen molar-refractivity contribution < 1.29 is 19.1 Å². The number of ether oxygens (including phenoxy) is 2. The number of rotatable bonds is 9. The molecule has 3 unspecified atom stereocenters. The van der Waals surface area contributed by atoms with Crippen LogP contribution in [0.4, 0.5) is 0 Å². The van der Waals surface area contributed by atoms with Crippen LogP contribution < -0.4 is 15.8 Å². The van der Waals surface area contributed by atoms with E-state index in [0.717, 1.165) is 12.0 Å². The highest BCUT2D eigenvalue weighted by molar-refractivity contribution is 5.85. The molecule has 7 heteroatoms. The summed E-state index contributed by atoms with van der Waals surface area (Å²) in [5.74, 6) is -0.346. The summed E-state index contributed by atoms with van der Waals surface area (Å²) in [7, 11) is 2.92. The number of halogens is 1. The van der Waals surface area contributed by atoms with Gasteiger partial charge in [-0.05, 0) is 24.0 Å². The molecule has 0 spiro atoms. The van der Waals surface area contributed by atoms with Gasteiger partial charge < -0.3 is 20.5 Å². The smallest absolute Gasteiger partial charge is 0.310 e. The molecule has 142 valence electrons. The van der Waals surface area contributed by atoms with Gasteiger partial charge in [0.1, 0.15) is 5.75 Å². The first-order valence-electron chi connectivity index (χ1n) is 8.17. The molecular weight excluding hydrogens is 344 g/mol. The molecule has 0 saturated heterocycles. The molecule has 1 aromatic rings. The number of benzene rings is 1. The van der Waals surface area contributed by atoms with Crippen molar-refractivity contribution in [3.8, 4) is 5.75 Å². The lowest BCUT2D eigenvalue weighted by Crippen LogP contribution is -2.47. The third kappa shape index (κ3) is 6.92. The van der Waals surface area contributed by atoms with Crippen LogP contribution in [-0.4, -0.2) is 38.7 Å². The maximum Gasteiger partial charge on any atom is 0.310 e. The van der Waals surface area contributed by atoms with Crippen molar-refractivity contribution in [2.24, 2.45) is 17.6 Å². The van der Waals surface area contributed by atoms with Crippen molar-refractivity contribution in [3.05, 3.63) is 29.8 Å². The number of hydrogen-bond acceptors (Lipinski definition) is 5. The molecule has 1 aromatic carbocycles. The summed E-state index contributed by atoms with van der Waals surface area (Å²) in [6.45, 7) is 4.08. The van der Waals surface area contributed by atoms with E-state index in [1.54, 1.807) is 7.11 Å². The molecule has 1 rings (SSSR count). The van der Waals surface area contributed by atoms with Crippen LogP contribution in [0, 0.1) is 11.8 Å². The maximum atomic E-state index is 12.1. The fourth-order valence-corrected chi connectivity index (χ4v) is 2.40. The van der Waals surface area contributed by atoms with Crippen LogP contribution in [0.1, 0.15) is 25.8 Å². The Kier molecular flexibility index (Phi) is 10.9. The topological polar surface area (TPSA) is 90.7 Å². The van der Waals surface area contributed by atoms with Crippen molar-refractivity contribution in [1.29, 1.82) is 0 Å². The second-order valence-electron chi connectivity index (χ2n) is 5.89. The highest BCUT2D eigenvalue weighted by Gasteiger charge is 2.25. The Morgan fingerprint density at radius 1 is 1.24 bits per heavy atom. The van der Waals surface area contributed by atoms with E-state index in [1.165, 1.54) is 7.11 Å². The number of amides is 1. The second kappa shape index (κ2) is 11.7. The summed E-state index contributed by atoms with van der Waals surface area (Å²) >= 11 is 0. The highest BCUT2D eigenvalue weighted by Crippen LogP contribution is 2.21. The highest BCUT2D eigenvalue weighted by atomic mass is 35.5. The molecule has 0 fully saturated rings. The fourth-order valence-electron chi connectivity index (χ4n) is 2.40. The van der Waals surface area contributed by atoms with E-state index in [4.69, 9.17) is 15.2 Å². The monoisotopic (exact) mass is 372 g/mol. The first-order chi connectivity index (χ1) is 11.4. The van der Waals surface area contributed by atoms with Crippen molar-refractivity contribution in [2.45, 2.75) is 32.7 Å². The fraction of sp³-hybridized carbons (Fsp3) is 0.556. The molecule has 3 atom stereocenters. The number of nitrogens with two attached hydrogens (primary N) is 1. The third-order valence-corrected chi connectivity index (χ3v) is 4.28. The zero-order valence-corrected chi connectivity index (χ0v) is 16.1. The number of methoxy groups -OCH3 is 2. The van der Waals surface area contributed by atoms with Crippen LogP contribution in [0.3, 0.4) is 0 Å². The largest absolute Gasteiger partial charge is 0.496 e. The molecule has 3 N–H and O–H groups in total. The predicted octanol–water partition coefficient (Wildman–Crippen LogP) is 1.94. The normalized spacial score (nSPS) is 13.8. The number of nitrogens with one attached hydrogen (secondary N) is 1. The van der Waals surface area contributed by atoms with Crippen LogP contribution in [-0.2, 0) is 20.7 Å². The summed E-state index contributed by atoms with van der Waals surface area (Å²) in [4.78, 5) is 24.2. The minimum absolute atomic E-state index is 0. The van der Waals surface area contributed by atoms with Crippen LogP contribution >= 0.6 is 12.4 Å². The van der Waals surface area contributed by atoms with Gasteiger partial charge in [0.25, 0.3) is 0 Å². The lowest BCUT2D eigenvalue weighted by atomic mass is 9.97. The minimum Gasteiger partial charge on any atom is -0.496 e. The lowest BCUT2D eigenvalue weighted by molar-refractivity contribution is -0.145. The Labute approximate surface area is 155 Å². The van der Waals surface area contributed by atoms with Crippen molar-refractivity contribution in [3.63, 3.8) is 0 Å². The van der Waals surface area contributed by atoms with Crippen LogP contribution in [0.5, 0.6) is 5.75 Å². The molecule has 0 aliphatic heterocycles. The maximum absolute atomic E-state index is 12.1. The molecule has 0 heterocycles. The van der Waals surface area contributed by atoms with Crippen molar-refractivity contribution in [2.75, 3.05) is 20.8 Å². The Morgan fingerprint density at radius 2 is 1.88 bits per heavy atom. The summed E-state index contributed by atoms with van der Waals surface area (Å²) in [6, 6.07) is 6.88. The van der Waals surface area contributed by atoms with E-state index in [9.17, 15) is 9.59 Å². The van der Waals surface area contributed by atoms with Gasteiger partial charge in [-0.25, -0.2) is 0 Å². The molecule has 0 radical (unpaired) electrons. The zero-order valence-electron chi connectivity index (χ0n) is 15.3. The Morgan fingerprint density at radius 3 is 2.44 bits per heavy atom. The van der Waals surface area contributed by atoms with Gasteiger partial charge >= 0.3 is 5.97 Å². The average molecular weight is 373 g/mol. The standard InChI is InChI=1S/C18H28N2O4.ClH/c1-5-12(2)16(19)17(21)20-11-14(18(22)24-4)10-13-8-6-7-9-15(13)23-3;/h6-9,12,14,16H,5,10-11,19H2,1-4H3,(H,20,21);1H. The second-order valence-corrected chi connectivity index (χ2v) is 5.89. The van der Waals surface area contributed by atoms with Crippen LogP contribution in [0.2, 0.25) is 0 Å². The molecule has 6 nitrogen and oxygen atoms in total. The summed E-state index contributed by atoms with van der Waals surface area (Å²) in [6.07, 6.45) is 1.23. The SMILES string of the molecule is CCC(C)C(N)C(=O)NCC(Cc1ccccc1OC)C(=O)OC.Cl. The number of carbonyl (C=O) groups excluding carboxylic acids is 2. The van der Waals surface area contributed by atoms with Crippen LogP contribution in [0.15, 0.2) is 24.3 Å². The average Bonchev–Trinajstić information content (AvgIpc) is 2.62. The molecule has 0 saturated carbocycles. The molecule has 25 heavy (non-hydrogen) atoms. The molecular formula is C18H29ClN2O4. The minimum atomic E-state index is -0.584. The summed E-state index contributed by atoms with van der Waals surface area (Å²) in [5.41, 5.74) is 6.80. The Balaban J connectivity index is 0.00000576. The Bertz CT molecular complexity index is 554. The van der Waals surface area contributed by atoms with E-state index in [1.807, 2.05) is 38.1 Å². The summed E-state index contributed by atoms with van der Waals surface area (Å²) < 4.78 is 10.2. The van der Waals surface area contributed by atoms with Gasteiger partial charge in [0.05, 0.1) is 26.2 Å².